The van der Waals surface area contributed by atoms with Crippen molar-refractivity contribution in [3.8, 4) is 12.1 Å². The van der Waals surface area contributed by atoms with Gasteiger partial charge in [0, 0.05) is 61.6 Å². The van der Waals surface area contributed by atoms with E-state index in [0.29, 0.717) is 27.7 Å². The maximum atomic E-state index is 13.1. The molecular formula is C34H40F3N9S. The summed E-state index contributed by atoms with van der Waals surface area (Å²) in [6.07, 6.45) is -1.75. The highest BCUT2D eigenvalue weighted by molar-refractivity contribution is 7.18. The molecule has 9 nitrogen and oxygen atoms in total. The van der Waals surface area contributed by atoms with Crippen LogP contribution in [0.5, 0.6) is 0 Å². The lowest BCUT2D eigenvalue weighted by atomic mass is 9.82. The zero-order valence-corrected chi connectivity index (χ0v) is 27.9. The number of hydrogen-bond donors (Lipinski definition) is 2. The van der Waals surface area contributed by atoms with E-state index < -0.39 is 12.6 Å². The van der Waals surface area contributed by atoms with Crippen LogP contribution in [0.15, 0.2) is 24.3 Å². The molecule has 0 unspecified atom stereocenters. The van der Waals surface area contributed by atoms with Crippen LogP contribution in [0.4, 0.5) is 24.9 Å². The fourth-order valence-corrected chi connectivity index (χ4v) is 7.86. The average Bonchev–Trinajstić information content (AvgIpc) is 3.62. The Balaban J connectivity index is 1.09. The van der Waals surface area contributed by atoms with E-state index >= 15 is 0 Å². The van der Waals surface area contributed by atoms with Crippen molar-refractivity contribution in [2.24, 2.45) is 5.41 Å². The van der Waals surface area contributed by atoms with Crippen LogP contribution in [0.25, 0.3) is 21.1 Å². The monoisotopic (exact) mass is 663 g/mol. The van der Waals surface area contributed by atoms with E-state index in [4.69, 9.17) is 0 Å². The van der Waals surface area contributed by atoms with Crippen molar-refractivity contribution in [3.63, 3.8) is 0 Å². The summed E-state index contributed by atoms with van der Waals surface area (Å²) in [7, 11) is 1.70. The molecule has 4 aromatic rings. The quantitative estimate of drug-likeness (QED) is 0.204. The van der Waals surface area contributed by atoms with Crippen molar-refractivity contribution >= 4 is 44.2 Å². The highest BCUT2D eigenvalue weighted by Gasteiger charge is 2.31. The number of halogens is 3. The molecule has 2 aliphatic heterocycles. The van der Waals surface area contributed by atoms with Gasteiger partial charge in [0.1, 0.15) is 22.4 Å². The molecule has 13 heteroatoms. The van der Waals surface area contributed by atoms with E-state index in [1.807, 2.05) is 13.0 Å². The third kappa shape index (κ3) is 7.33. The minimum atomic E-state index is -4.28. The van der Waals surface area contributed by atoms with Crippen molar-refractivity contribution in [3.05, 3.63) is 46.0 Å². The molecule has 2 aliphatic rings. The molecule has 0 bridgehead atoms. The van der Waals surface area contributed by atoms with Crippen LogP contribution in [0.3, 0.4) is 0 Å². The number of alkyl halides is 3. The van der Waals surface area contributed by atoms with Crippen LogP contribution in [0.2, 0.25) is 0 Å². The van der Waals surface area contributed by atoms with E-state index in [2.05, 4.69) is 66.2 Å². The number of nitrogens with one attached hydrogen (secondary N) is 2. The molecule has 0 spiro atoms. The number of anilines is 2. The van der Waals surface area contributed by atoms with Gasteiger partial charge in [0.25, 0.3) is 0 Å². The van der Waals surface area contributed by atoms with Gasteiger partial charge in [-0.2, -0.15) is 28.7 Å². The standard InChI is InChI=1S/C34H40F3N9S/c1-22-23(4-5-29-27(22)16-25(19-38)46(29)15-14-44-12-8-33(2,21-39)9-13-44)20-45-10-6-24(7-11-45)41-30-28-17-26(18-34(35,36)37)47-31(28)43-32(40-3)42-30/h4-5,16-17,24H,6-15,18,20H2,1-3H3,(H2,40,41,42,43). The Kier molecular flexibility index (Phi) is 9.34. The maximum Gasteiger partial charge on any atom is 0.393 e. The van der Waals surface area contributed by atoms with E-state index in [1.54, 1.807) is 13.1 Å². The molecule has 0 saturated carbocycles. The van der Waals surface area contributed by atoms with Crippen molar-refractivity contribution in [1.82, 2.24) is 24.3 Å². The Labute approximate surface area is 277 Å². The molecule has 0 radical (unpaired) electrons. The lowest BCUT2D eigenvalue weighted by molar-refractivity contribution is -0.126. The largest absolute Gasteiger partial charge is 0.393 e. The second kappa shape index (κ2) is 13.3. The third-order valence-corrected chi connectivity index (χ3v) is 10.8. The molecule has 47 heavy (non-hydrogen) atoms. The smallest absolute Gasteiger partial charge is 0.367 e. The summed E-state index contributed by atoms with van der Waals surface area (Å²) in [5, 5.41) is 27.6. The number of piperidine rings is 2. The second-order valence-corrected chi connectivity index (χ2v) is 14.3. The first-order chi connectivity index (χ1) is 22.5. The van der Waals surface area contributed by atoms with Crippen LogP contribution >= 0.6 is 11.3 Å². The Morgan fingerprint density at radius 3 is 2.43 bits per heavy atom. The highest BCUT2D eigenvalue weighted by Crippen LogP contribution is 2.35. The van der Waals surface area contributed by atoms with Gasteiger partial charge in [0.15, 0.2) is 0 Å². The van der Waals surface area contributed by atoms with Crippen molar-refractivity contribution < 1.29 is 13.2 Å². The van der Waals surface area contributed by atoms with Gasteiger partial charge in [0.05, 0.1) is 23.3 Å². The van der Waals surface area contributed by atoms with Gasteiger partial charge in [0.2, 0.25) is 5.95 Å². The first-order valence-corrected chi connectivity index (χ1v) is 17.0. The first kappa shape index (κ1) is 33.0. The number of benzene rings is 1. The van der Waals surface area contributed by atoms with Crippen molar-refractivity contribution in [2.45, 2.75) is 71.3 Å². The Morgan fingerprint density at radius 2 is 1.77 bits per heavy atom. The Bertz CT molecular complexity index is 1830. The molecule has 2 N–H and O–H groups in total. The normalized spacial score (nSPS) is 18.0. The van der Waals surface area contributed by atoms with Gasteiger partial charge >= 0.3 is 6.18 Å². The van der Waals surface area contributed by atoms with Gasteiger partial charge in [-0.1, -0.05) is 6.07 Å². The van der Waals surface area contributed by atoms with E-state index in [-0.39, 0.29) is 16.3 Å². The Hall–Kier alpha value is -3.91. The predicted octanol–water partition coefficient (Wildman–Crippen LogP) is 6.67. The van der Waals surface area contributed by atoms with Crippen LogP contribution in [-0.2, 0) is 19.5 Å². The number of aromatic nitrogens is 3. The zero-order chi connectivity index (χ0) is 33.3. The topological polar surface area (TPSA) is 109 Å². The minimum Gasteiger partial charge on any atom is -0.367 e. The number of thiophene rings is 1. The SMILES string of the molecule is CNc1nc(NC2CCN(Cc3ccc4c(cc(C#N)n4CCN4CCC(C)(C#N)CC4)c3C)CC2)c2cc(CC(F)(F)F)sc2n1. The number of aryl methyl sites for hydroxylation is 1. The predicted molar refractivity (Wildman–Crippen MR) is 179 cm³/mol. The molecule has 6 rings (SSSR count). The molecule has 0 atom stereocenters. The average molecular weight is 664 g/mol. The molecule has 0 amide bonds. The fourth-order valence-electron chi connectivity index (χ4n) is 6.80. The van der Waals surface area contributed by atoms with Gasteiger partial charge in [-0.25, -0.2) is 4.98 Å². The first-order valence-electron chi connectivity index (χ1n) is 16.2. The number of hydrogen-bond acceptors (Lipinski definition) is 9. The lowest BCUT2D eigenvalue weighted by Gasteiger charge is -2.35. The zero-order valence-electron chi connectivity index (χ0n) is 27.0. The van der Waals surface area contributed by atoms with E-state index in [0.717, 1.165) is 93.7 Å². The van der Waals surface area contributed by atoms with Crippen LogP contribution < -0.4 is 10.6 Å². The van der Waals surface area contributed by atoms with Crippen molar-refractivity contribution in [2.75, 3.05) is 50.4 Å². The summed E-state index contributed by atoms with van der Waals surface area (Å²) in [6.45, 7) is 10.1. The summed E-state index contributed by atoms with van der Waals surface area (Å²) >= 11 is 1.06. The van der Waals surface area contributed by atoms with Gasteiger partial charge < -0.3 is 20.1 Å². The van der Waals surface area contributed by atoms with Crippen LogP contribution in [0.1, 0.15) is 54.3 Å². The number of nitriles is 2. The molecule has 1 aromatic carbocycles. The lowest BCUT2D eigenvalue weighted by Crippen LogP contribution is -2.39. The Morgan fingerprint density at radius 1 is 1.02 bits per heavy atom. The molecule has 0 aliphatic carbocycles. The molecule has 248 valence electrons. The minimum absolute atomic E-state index is 0.143. The van der Waals surface area contributed by atoms with Crippen LogP contribution in [-0.4, -0.2) is 76.3 Å². The number of fused-ring (bicyclic) bond motifs is 2. The summed E-state index contributed by atoms with van der Waals surface area (Å²) < 4.78 is 41.3. The number of rotatable bonds is 9. The molecule has 2 fully saturated rings. The number of likely N-dealkylation sites (tertiary alicyclic amines) is 2. The highest BCUT2D eigenvalue weighted by atomic mass is 32.1. The molecular weight excluding hydrogens is 623 g/mol. The fraction of sp³-hybridized carbons (Fsp3) is 0.529. The second-order valence-electron chi connectivity index (χ2n) is 13.2. The third-order valence-electron chi connectivity index (χ3n) is 9.82. The van der Waals surface area contributed by atoms with Crippen LogP contribution in [0, 0.1) is 35.0 Å². The summed E-state index contributed by atoms with van der Waals surface area (Å²) in [5.41, 5.74) is 3.95. The molecule has 2 saturated heterocycles. The summed E-state index contributed by atoms with van der Waals surface area (Å²) in [4.78, 5) is 14.5. The number of nitrogens with zero attached hydrogens (tertiary/aromatic N) is 7. The molecule has 5 heterocycles. The van der Waals surface area contributed by atoms with E-state index in [1.165, 1.54) is 11.1 Å². The maximum absolute atomic E-state index is 13.1. The van der Waals surface area contributed by atoms with E-state index in [9.17, 15) is 23.7 Å². The molecule has 3 aromatic heterocycles. The summed E-state index contributed by atoms with van der Waals surface area (Å²) in [6, 6.07) is 12.9. The van der Waals surface area contributed by atoms with Gasteiger partial charge in [-0.05, 0) is 81.9 Å². The van der Waals surface area contributed by atoms with Gasteiger partial charge in [-0.15, -0.1) is 11.3 Å². The van der Waals surface area contributed by atoms with Crippen molar-refractivity contribution in [1.29, 1.82) is 10.5 Å². The summed E-state index contributed by atoms with van der Waals surface area (Å²) in [5.74, 6) is 0.953. The van der Waals surface area contributed by atoms with Gasteiger partial charge in [-0.3, -0.25) is 4.90 Å².